The van der Waals surface area contributed by atoms with Gasteiger partial charge in [0.2, 0.25) is 5.95 Å². The Bertz CT molecular complexity index is 378. The SMILES string of the molecule is c1cn(C2CCCCC2)c(NCC2CCSCC2)n1. The highest BCUT2D eigenvalue weighted by molar-refractivity contribution is 7.99. The molecule has 1 aliphatic heterocycles. The van der Waals surface area contributed by atoms with E-state index in [4.69, 9.17) is 0 Å². The normalized spacial score (nSPS) is 22.5. The average molecular weight is 279 g/mol. The van der Waals surface area contributed by atoms with E-state index in [0.717, 1.165) is 18.4 Å². The number of nitrogens with one attached hydrogen (secondary N) is 1. The second kappa shape index (κ2) is 6.69. The summed E-state index contributed by atoms with van der Waals surface area (Å²) in [5, 5.41) is 3.60. The lowest BCUT2D eigenvalue weighted by Crippen LogP contribution is -2.22. The highest BCUT2D eigenvalue weighted by Crippen LogP contribution is 2.30. The molecule has 4 heteroatoms. The maximum Gasteiger partial charge on any atom is 0.203 e. The molecule has 1 N–H and O–H groups in total. The van der Waals surface area contributed by atoms with Crippen molar-refractivity contribution in [3.63, 3.8) is 0 Å². The molecule has 1 saturated carbocycles. The van der Waals surface area contributed by atoms with Crippen molar-refractivity contribution in [2.24, 2.45) is 5.92 Å². The summed E-state index contributed by atoms with van der Waals surface area (Å²) >= 11 is 2.10. The van der Waals surface area contributed by atoms with E-state index >= 15 is 0 Å². The maximum atomic E-state index is 4.52. The Balaban J connectivity index is 1.56. The topological polar surface area (TPSA) is 29.9 Å². The van der Waals surface area contributed by atoms with Crippen LogP contribution in [0.2, 0.25) is 0 Å². The molecule has 2 fully saturated rings. The van der Waals surface area contributed by atoms with E-state index < -0.39 is 0 Å². The van der Waals surface area contributed by atoms with E-state index in [1.807, 2.05) is 6.20 Å². The summed E-state index contributed by atoms with van der Waals surface area (Å²) in [6.07, 6.45) is 13.7. The average Bonchev–Trinajstić information content (AvgIpc) is 2.95. The van der Waals surface area contributed by atoms with Crippen LogP contribution < -0.4 is 5.32 Å². The van der Waals surface area contributed by atoms with E-state index in [1.54, 1.807) is 0 Å². The number of imidazole rings is 1. The maximum absolute atomic E-state index is 4.52. The number of thioether (sulfide) groups is 1. The van der Waals surface area contributed by atoms with Crippen molar-refractivity contribution in [1.29, 1.82) is 0 Å². The van der Waals surface area contributed by atoms with Crippen molar-refractivity contribution in [1.82, 2.24) is 9.55 Å². The van der Waals surface area contributed by atoms with E-state index in [2.05, 4.69) is 32.8 Å². The molecule has 0 amide bonds. The van der Waals surface area contributed by atoms with Gasteiger partial charge >= 0.3 is 0 Å². The number of anilines is 1. The first kappa shape index (κ1) is 13.3. The Morgan fingerprint density at radius 3 is 2.74 bits per heavy atom. The van der Waals surface area contributed by atoms with Gasteiger partial charge < -0.3 is 9.88 Å². The molecule has 0 unspecified atom stereocenters. The first-order chi connectivity index (χ1) is 9.43. The summed E-state index contributed by atoms with van der Waals surface area (Å²) in [7, 11) is 0. The van der Waals surface area contributed by atoms with Crippen molar-refractivity contribution in [3.05, 3.63) is 12.4 Å². The van der Waals surface area contributed by atoms with Gasteiger partial charge in [-0.2, -0.15) is 11.8 Å². The predicted octanol–water partition coefficient (Wildman–Crippen LogP) is 3.94. The Morgan fingerprint density at radius 2 is 1.95 bits per heavy atom. The molecule has 0 aromatic carbocycles. The van der Waals surface area contributed by atoms with Crippen molar-refractivity contribution in [3.8, 4) is 0 Å². The van der Waals surface area contributed by atoms with Crippen LogP contribution in [0.5, 0.6) is 0 Å². The molecular formula is C15H25N3S. The van der Waals surface area contributed by atoms with Crippen LogP contribution in [0.15, 0.2) is 12.4 Å². The highest BCUT2D eigenvalue weighted by atomic mass is 32.2. The van der Waals surface area contributed by atoms with Crippen LogP contribution in [0.4, 0.5) is 5.95 Å². The Morgan fingerprint density at radius 1 is 1.16 bits per heavy atom. The van der Waals surface area contributed by atoms with Gasteiger partial charge in [-0.15, -0.1) is 0 Å². The molecule has 3 nitrogen and oxygen atoms in total. The van der Waals surface area contributed by atoms with Crippen molar-refractivity contribution in [2.45, 2.75) is 51.0 Å². The molecule has 0 radical (unpaired) electrons. The quantitative estimate of drug-likeness (QED) is 0.905. The number of hydrogen-bond donors (Lipinski definition) is 1. The van der Waals surface area contributed by atoms with Gasteiger partial charge in [0.05, 0.1) is 0 Å². The molecule has 3 rings (SSSR count). The van der Waals surface area contributed by atoms with Gasteiger partial charge in [-0.3, -0.25) is 0 Å². The largest absolute Gasteiger partial charge is 0.355 e. The Kier molecular flexibility index (Phi) is 4.70. The molecule has 2 aliphatic rings. The fourth-order valence-corrected chi connectivity index (χ4v) is 4.49. The van der Waals surface area contributed by atoms with Crippen molar-refractivity contribution >= 4 is 17.7 Å². The standard InChI is InChI=1S/C15H25N3S/c1-2-4-14(5-3-1)18-9-8-16-15(18)17-12-13-6-10-19-11-7-13/h8-9,13-14H,1-7,10-12H2,(H,16,17). The summed E-state index contributed by atoms with van der Waals surface area (Å²) in [6, 6.07) is 0.681. The van der Waals surface area contributed by atoms with Gasteiger partial charge in [0.25, 0.3) is 0 Å². The predicted molar refractivity (Wildman–Crippen MR) is 82.9 cm³/mol. The lowest BCUT2D eigenvalue weighted by atomic mass is 9.95. The molecule has 1 aromatic rings. The van der Waals surface area contributed by atoms with E-state index in [-0.39, 0.29) is 0 Å². The van der Waals surface area contributed by atoms with Gasteiger partial charge in [0, 0.05) is 25.0 Å². The van der Waals surface area contributed by atoms with Crippen LogP contribution in [0.25, 0.3) is 0 Å². The molecule has 1 aromatic heterocycles. The number of hydrogen-bond acceptors (Lipinski definition) is 3. The summed E-state index contributed by atoms with van der Waals surface area (Å²) in [4.78, 5) is 4.52. The fraction of sp³-hybridized carbons (Fsp3) is 0.800. The third-order valence-electron chi connectivity index (χ3n) is 4.53. The molecule has 0 spiro atoms. The molecular weight excluding hydrogens is 254 g/mol. The summed E-state index contributed by atoms with van der Waals surface area (Å²) in [5.41, 5.74) is 0. The number of rotatable bonds is 4. The van der Waals surface area contributed by atoms with Gasteiger partial charge in [0.15, 0.2) is 0 Å². The zero-order valence-electron chi connectivity index (χ0n) is 11.7. The lowest BCUT2D eigenvalue weighted by Gasteiger charge is -2.26. The number of aromatic nitrogens is 2. The van der Waals surface area contributed by atoms with E-state index in [1.165, 1.54) is 56.5 Å². The van der Waals surface area contributed by atoms with Crippen molar-refractivity contribution < 1.29 is 0 Å². The second-order valence-electron chi connectivity index (χ2n) is 5.89. The molecule has 1 aliphatic carbocycles. The Hall–Kier alpha value is -0.640. The van der Waals surface area contributed by atoms with Crippen LogP contribution in [-0.4, -0.2) is 27.6 Å². The van der Waals surface area contributed by atoms with E-state index in [9.17, 15) is 0 Å². The molecule has 0 bridgehead atoms. The van der Waals surface area contributed by atoms with Crippen LogP contribution in [0, 0.1) is 5.92 Å². The Labute approximate surface area is 120 Å². The van der Waals surface area contributed by atoms with Crippen LogP contribution in [-0.2, 0) is 0 Å². The van der Waals surface area contributed by atoms with E-state index in [0.29, 0.717) is 6.04 Å². The summed E-state index contributed by atoms with van der Waals surface area (Å²) in [6.45, 7) is 1.10. The van der Waals surface area contributed by atoms with Gasteiger partial charge in [-0.25, -0.2) is 4.98 Å². The van der Waals surface area contributed by atoms with Crippen LogP contribution in [0.1, 0.15) is 51.0 Å². The van der Waals surface area contributed by atoms with Gasteiger partial charge in [-0.05, 0) is 43.1 Å². The van der Waals surface area contributed by atoms with Crippen molar-refractivity contribution in [2.75, 3.05) is 23.4 Å². The molecule has 2 heterocycles. The highest BCUT2D eigenvalue weighted by Gasteiger charge is 2.19. The van der Waals surface area contributed by atoms with Gasteiger partial charge in [-0.1, -0.05) is 19.3 Å². The third kappa shape index (κ3) is 3.47. The smallest absolute Gasteiger partial charge is 0.203 e. The monoisotopic (exact) mass is 279 g/mol. The number of nitrogens with zero attached hydrogens (tertiary/aromatic N) is 2. The molecule has 106 valence electrons. The van der Waals surface area contributed by atoms with Crippen LogP contribution in [0.3, 0.4) is 0 Å². The van der Waals surface area contributed by atoms with Crippen LogP contribution >= 0.6 is 11.8 Å². The second-order valence-corrected chi connectivity index (χ2v) is 7.11. The fourth-order valence-electron chi connectivity index (χ4n) is 3.29. The lowest BCUT2D eigenvalue weighted by molar-refractivity contribution is 0.355. The zero-order chi connectivity index (χ0) is 12.9. The minimum Gasteiger partial charge on any atom is -0.355 e. The first-order valence-electron chi connectivity index (χ1n) is 7.78. The molecule has 0 atom stereocenters. The summed E-state index contributed by atoms with van der Waals surface area (Å²) < 4.78 is 2.39. The third-order valence-corrected chi connectivity index (χ3v) is 5.58. The molecule has 1 saturated heterocycles. The minimum atomic E-state index is 0.681. The zero-order valence-corrected chi connectivity index (χ0v) is 12.5. The minimum absolute atomic E-state index is 0.681. The first-order valence-corrected chi connectivity index (χ1v) is 8.93. The molecule has 19 heavy (non-hydrogen) atoms. The summed E-state index contributed by atoms with van der Waals surface area (Å²) in [5.74, 6) is 4.62. The van der Waals surface area contributed by atoms with Gasteiger partial charge in [0.1, 0.15) is 0 Å².